The second-order valence-corrected chi connectivity index (χ2v) is 5.21. The summed E-state index contributed by atoms with van der Waals surface area (Å²) in [4.78, 5) is 0. The molecule has 0 N–H and O–H groups in total. The summed E-state index contributed by atoms with van der Waals surface area (Å²) in [7, 11) is 0. The van der Waals surface area contributed by atoms with E-state index >= 15 is 0 Å². The van der Waals surface area contributed by atoms with Crippen molar-refractivity contribution in [1.82, 2.24) is 10.2 Å². The Balaban J connectivity index is 2.49. The number of aryl methyl sites for hydroxylation is 1. The summed E-state index contributed by atoms with van der Waals surface area (Å²) in [6, 6.07) is 0. The fraction of sp³-hybridized carbons (Fsp3) is 0.800. The van der Waals surface area contributed by atoms with Crippen molar-refractivity contribution >= 4 is 11.3 Å². The van der Waals surface area contributed by atoms with Crippen molar-refractivity contribution in [2.75, 3.05) is 0 Å². The van der Waals surface area contributed by atoms with Gasteiger partial charge in [0.2, 0.25) is 0 Å². The monoisotopic (exact) mass is 198 g/mol. The quantitative estimate of drug-likeness (QED) is 0.742. The molecule has 0 aliphatic rings. The SMILES string of the molecule is CC(C)CCc1nnc(C(C)C)s1. The van der Waals surface area contributed by atoms with Crippen LogP contribution in [0, 0.1) is 5.92 Å². The van der Waals surface area contributed by atoms with E-state index in [4.69, 9.17) is 0 Å². The summed E-state index contributed by atoms with van der Waals surface area (Å²) in [5, 5.41) is 10.7. The van der Waals surface area contributed by atoms with E-state index in [1.54, 1.807) is 11.3 Å². The van der Waals surface area contributed by atoms with Crippen LogP contribution >= 0.6 is 11.3 Å². The maximum Gasteiger partial charge on any atom is 0.119 e. The molecule has 0 bridgehead atoms. The van der Waals surface area contributed by atoms with E-state index in [1.165, 1.54) is 16.4 Å². The number of rotatable bonds is 4. The average Bonchev–Trinajstić information content (AvgIpc) is 2.48. The first-order chi connectivity index (χ1) is 6.09. The molecule has 1 aromatic heterocycles. The summed E-state index contributed by atoms with van der Waals surface area (Å²) in [6.45, 7) is 8.80. The lowest BCUT2D eigenvalue weighted by Crippen LogP contribution is -1.91. The summed E-state index contributed by atoms with van der Waals surface area (Å²) in [5.74, 6) is 1.27. The Morgan fingerprint density at radius 3 is 2.31 bits per heavy atom. The Labute approximate surface area is 84.4 Å². The topological polar surface area (TPSA) is 25.8 Å². The normalized spacial score (nSPS) is 11.5. The minimum absolute atomic E-state index is 0.519. The molecule has 0 fully saturated rings. The van der Waals surface area contributed by atoms with Crippen LogP contribution in [0.1, 0.15) is 50.0 Å². The van der Waals surface area contributed by atoms with Gasteiger partial charge >= 0.3 is 0 Å². The highest BCUT2D eigenvalue weighted by Gasteiger charge is 2.07. The molecule has 1 rings (SSSR count). The smallest absolute Gasteiger partial charge is 0.119 e. The van der Waals surface area contributed by atoms with Gasteiger partial charge < -0.3 is 0 Å². The lowest BCUT2D eigenvalue weighted by atomic mass is 10.1. The molecule has 0 atom stereocenters. The van der Waals surface area contributed by atoms with Gasteiger partial charge in [-0.2, -0.15) is 0 Å². The van der Waals surface area contributed by atoms with Gasteiger partial charge in [-0.3, -0.25) is 0 Å². The highest BCUT2D eigenvalue weighted by atomic mass is 32.1. The largest absolute Gasteiger partial charge is 0.144 e. The van der Waals surface area contributed by atoms with Crippen molar-refractivity contribution in [3.05, 3.63) is 10.0 Å². The second kappa shape index (κ2) is 4.70. The third kappa shape index (κ3) is 3.43. The van der Waals surface area contributed by atoms with E-state index in [1.807, 2.05) is 0 Å². The van der Waals surface area contributed by atoms with Crippen LogP contribution in [0.15, 0.2) is 0 Å². The minimum atomic E-state index is 0.519. The molecule has 1 aromatic rings. The predicted molar refractivity (Wildman–Crippen MR) is 57.2 cm³/mol. The van der Waals surface area contributed by atoms with Gasteiger partial charge in [-0.1, -0.05) is 27.7 Å². The van der Waals surface area contributed by atoms with Crippen molar-refractivity contribution < 1.29 is 0 Å². The van der Waals surface area contributed by atoms with E-state index in [9.17, 15) is 0 Å². The van der Waals surface area contributed by atoms with Gasteiger partial charge in [-0.05, 0) is 12.3 Å². The number of hydrogen-bond donors (Lipinski definition) is 0. The van der Waals surface area contributed by atoms with Gasteiger partial charge in [0.05, 0.1) is 0 Å². The Hall–Kier alpha value is -0.440. The molecule has 1 heterocycles. The van der Waals surface area contributed by atoms with Crippen LogP contribution in [0.5, 0.6) is 0 Å². The third-order valence-electron chi connectivity index (χ3n) is 1.91. The lowest BCUT2D eigenvalue weighted by Gasteiger charge is -1.99. The molecule has 0 radical (unpaired) electrons. The molecule has 0 amide bonds. The fourth-order valence-electron chi connectivity index (χ4n) is 1.01. The van der Waals surface area contributed by atoms with E-state index in [0.29, 0.717) is 5.92 Å². The predicted octanol–water partition coefficient (Wildman–Crippen LogP) is 3.25. The fourth-order valence-corrected chi connectivity index (χ4v) is 1.87. The zero-order chi connectivity index (χ0) is 9.84. The van der Waals surface area contributed by atoms with Crippen LogP contribution in [0.2, 0.25) is 0 Å². The Kier molecular flexibility index (Phi) is 3.85. The summed E-state index contributed by atoms with van der Waals surface area (Å²) < 4.78 is 0. The van der Waals surface area contributed by atoms with Gasteiger partial charge in [-0.15, -0.1) is 21.5 Å². The molecule has 2 nitrogen and oxygen atoms in total. The summed E-state index contributed by atoms with van der Waals surface area (Å²) in [6.07, 6.45) is 2.30. The summed E-state index contributed by atoms with van der Waals surface area (Å²) >= 11 is 1.76. The van der Waals surface area contributed by atoms with Crippen LogP contribution in [0.3, 0.4) is 0 Å². The molecule has 0 spiro atoms. The molecule has 74 valence electrons. The Morgan fingerprint density at radius 1 is 1.15 bits per heavy atom. The molecule has 0 aliphatic heterocycles. The van der Waals surface area contributed by atoms with Gasteiger partial charge in [-0.25, -0.2) is 0 Å². The highest BCUT2D eigenvalue weighted by Crippen LogP contribution is 2.20. The van der Waals surface area contributed by atoms with Crippen molar-refractivity contribution in [3.63, 3.8) is 0 Å². The molecular formula is C10H18N2S. The molecule has 0 saturated carbocycles. The molecule has 0 aliphatic carbocycles. The Morgan fingerprint density at radius 2 is 1.85 bits per heavy atom. The van der Waals surface area contributed by atoms with E-state index in [2.05, 4.69) is 37.9 Å². The first-order valence-electron chi connectivity index (χ1n) is 4.92. The van der Waals surface area contributed by atoms with Gasteiger partial charge in [0, 0.05) is 12.3 Å². The standard InChI is InChI=1S/C10H18N2S/c1-7(2)5-6-9-11-12-10(13-9)8(3)4/h7-8H,5-6H2,1-4H3. The second-order valence-electron chi connectivity index (χ2n) is 4.12. The number of nitrogens with zero attached hydrogens (tertiary/aromatic N) is 2. The molecular weight excluding hydrogens is 180 g/mol. The zero-order valence-corrected chi connectivity index (χ0v) is 9.69. The van der Waals surface area contributed by atoms with Gasteiger partial charge in [0.25, 0.3) is 0 Å². The molecule has 3 heteroatoms. The van der Waals surface area contributed by atoms with Crippen molar-refractivity contribution in [3.8, 4) is 0 Å². The van der Waals surface area contributed by atoms with E-state index in [0.717, 1.165) is 12.3 Å². The van der Waals surface area contributed by atoms with Crippen LogP contribution in [-0.2, 0) is 6.42 Å². The maximum absolute atomic E-state index is 4.18. The zero-order valence-electron chi connectivity index (χ0n) is 8.87. The average molecular weight is 198 g/mol. The molecule has 13 heavy (non-hydrogen) atoms. The van der Waals surface area contributed by atoms with Gasteiger partial charge in [0.1, 0.15) is 10.0 Å². The Bertz CT molecular complexity index is 253. The third-order valence-corrected chi connectivity index (χ3v) is 3.20. The number of aromatic nitrogens is 2. The van der Waals surface area contributed by atoms with Crippen molar-refractivity contribution in [2.45, 2.75) is 46.5 Å². The van der Waals surface area contributed by atoms with Crippen molar-refractivity contribution in [1.29, 1.82) is 0 Å². The molecule has 0 aromatic carbocycles. The first kappa shape index (κ1) is 10.6. The molecule has 0 unspecified atom stereocenters. The molecule has 0 saturated heterocycles. The van der Waals surface area contributed by atoms with Crippen LogP contribution in [-0.4, -0.2) is 10.2 Å². The van der Waals surface area contributed by atoms with Crippen LogP contribution in [0.4, 0.5) is 0 Å². The van der Waals surface area contributed by atoms with Crippen LogP contribution < -0.4 is 0 Å². The minimum Gasteiger partial charge on any atom is -0.144 e. The summed E-state index contributed by atoms with van der Waals surface area (Å²) in [5.41, 5.74) is 0. The maximum atomic E-state index is 4.18. The van der Waals surface area contributed by atoms with Crippen molar-refractivity contribution in [2.24, 2.45) is 5.92 Å². The lowest BCUT2D eigenvalue weighted by molar-refractivity contribution is 0.583. The van der Waals surface area contributed by atoms with Crippen LogP contribution in [0.25, 0.3) is 0 Å². The van der Waals surface area contributed by atoms with Gasteiger partial charge in [0.15, 0.2) is 0 Å². The van der Waals surface area contributed by atoms with E-state index < -0.39 is 0 Å². The van der Waals surface area contributed by atoms with E-state index in [-0.39, 0.29) is 0 Å². The number of hydrogen-bond acceptors (Lipinski definition) is 3. The first-order valence-corrected chi connectivity index (χ1v) is 5.73. The highest BCUT2D eigenvalue weighted by molar-refractivity contribution is 7.11.